The van der Waals surface area contributed by atoms with Crippen LogP contribution in [0.25, 0.3) is 0 Å². The molecule has 0 saturated carbocycles. The maximum Gasteiger partial charge on any atom is 0.416 e. The molecule has 0 aliphatic heterocycles. The zero-order valence-electron chi connectivity index (χ0n) is 10.2. The average Bonchev–Trinajstić information content (AvgIpc) is 2.79. The quantitative estimate of drug-likeness (QED) is 0.915. The zero-order valence-corrected chi connectivity index (χ0v) is 11.0. The van der Waals surface area contributed by atoms with Crippen molar-refractivity contribution in [1.29, 1.82) is 0 Å². The monoisotopic (exact) mass is 305 g/mol. The van der Waals surface area contributed by atoms with E-state index in [1.165, 1.54) is 19.3 Å². The molecule has 0 saturated heterocycles. The Morgan fingerprint density at radius 3 is 2.55 bits per heavy atom. The molecule has 0 aliphatic rings. The van der Waals surface area contributed by atoms with Crippen molar-refractivity contribution in [2.75, 3.05) is 4.72 Å². The first kappa shape index (κ1) is 14.4. The Morgan fingerprint density at radius 1 is 1.30 bits per heavy atom. The number of sulfonamides is 1. The Morgan fingerprint density at radius 2 is 2.00 bits per heavy atom. The van der Waals surface area contributed by atoms with Gasteiger partial charge in [-0.25, -0.2) is 8.42 Å². The van der Waals surface area contributed by atoms with Gasteiger partial charge in [0.2, 0.25) is 0 Å². The number of alkyl halides is 3. The summed E-state index contributed by atoms with van der Waals surface area (Å²) in [6.07, 6.45) is -2.13. The summed E-state index contributed by atoms with van der Waals surface area (Å²) in [6, 6.07) is 2.84. The van der Waals surface area contributed by atoms with Crippen molar-refractivity contribution < 1.29 is 21.6 Å². The lowest BCUT2D eigenvalue weighted by Gasteiger charge is -2.12. The summed E-state index contributed by atoms with van der Waals surface area (Å²) in [5, 5.41) is 5.93. The van der Waals surface area contributed by atoms with E-state index in [1.54, 1.807) is 0 Å². The van der Waals surface area contributed by atoms with Crippen LogP contribution in [0.4, 0.5) is 18.9 Å². The second-order valence-corrected chi connectivity index (χ2v) is 5.75. The van der Waals surface area contributed by atoms with Crippen molar-refractivity contribution in [3.8, 4) is 0 Å². The summed E-state index contributed by atoms with van der Waals surface area (Å²) in [5.41, 5.74) is -0.883. The number of hydrogen-bond acceptors (Lipinski definition) is 3. The van der Waals surface area contributed by atoms with Crippen LogP contribution in [0.2, 0.25) is 0 Å². The van der Waals surface area contributed by atoms with E-state index >= 15 is 0 Å². The molecule has 0 radical (unpaired) electrons. The van der Waals surface area contributed by atoms with E-state index in [4.69, 9.17) is 0 Å². The van der Waals surface area contributed by atoms with Gasteiger partial charge in [-0.15, -0.1) is 0 Å². The van der Waals surface area contributed by atoms with Gasteiger partial charge in [0.1, 0.15) is 0 Å². The number of hydrogen-bond donors (Lipinski definition) is 2. The van der Waals surface area contributed by atoms with Crippen LogP contribution < -0.4 is 4.72 Å². The van der Waals surface area contributed by atoms with Crippen LogP contribution in [0, 0.1) is 6.92 Å². The molecule has 1 aromatic heterocycles. The fourth-order valence-corrected chi connectivity index (χ4v) is 2.65. The van der Waals surface area contributed by atoms with Crippen molar-refractivity contribution >= 4 is 15.7 Å². The molecular weight excluding hydrogens is 295 g/mol. The minimum Gasteiger partial charge on any atom is -0.284 e. The molecule has 0 spiro atoms. The molecule has 0 amide bonds. The van der Waals surface area contributed by atoms with Crippen molar-refractivity contribution in [2.45, 2.75) is 18.0 Å². The Hall–Kier alpha value is -2.03. The predicted molar refractivity (Wildman–Crippen MR) is 65.6 cm³/mol. The van der Waals surface area contributed by atoms with E-state index in [-0.39, 0.29) is 11.3 Å². The SMILES string of the molecule is Cc1ccc(S(=O)(=O)Nc2cn[nH]c2)cc1C(F)(F)F. The lowest BCUT2D eigenvalue weighted by Crippen LogP contribution is -2.15. The fraction of sp³-hybridized carbons (Fsp3) is 0.182. The molecule has 1 heterocycles. The van der Waals surface area contributed by atoms with E-state index in [2.05, 4.69) is 14.9 Å². The van der Waals surface area contributed by atoms with Crippen molar-refractivity contribution in [2.24, 2.45) is 0 Å². The van der Waals surface area contributed by atoms with Crippen LogP contribution in [-0.2, 0) is 16.2 Å². The van der Waals surface area contributed by atoms with Crippen molar-refractivity contribution in [3.63, 3.8) is 0 Å². The average molecular weight is 305 g/mol. The van der Waals surface area contributed by atoms with Gasteiger partial charge in [0.15, 0.2) is 0 Å². The third-order valence-electron chi connectivity index (χ3n) is 2.58. The molecule has 9 heteroatoms. The van der Waals surface area contributed by atoms with Crippen molar-refractivity contribution in [1.82, 2.24) is 10.2 Å². The van der Waals surface area contributed by atoms with Gasteiger partial charge >= 0.3 is 6.18 Å². The lowest BCUT2D eigenvalue weighted by molar-refractivity contribution is -0.138. The number of anilines is 1. The summed E-state index contributed by atoms with van der Waals surface area (Å²) >= 11 is 0. The van der Waals surface area contributed by atoms with E-state index in [9.17, 15) is 21.6 Å². The van der Waals surface area contributed by atoms with Crippen LogP contribution in [-0.4, -0.2) is 18.6 Å². The van der Waals surface area contributed by atoms with Crippen LogP contribution >= 0.6 is 0 Å². The minimum atomic E-state index is -4.61. The predicted octanol–water partition coefficient (Wildman–Crippen LogP) is 2.54. The largest absolute Gasteiger partial charge is 0.416 e. The molecule has 0 bridgehead atoms. The Bertz CT molecular complexity index is 709. The van der Waals surface area contributed by atoms with Crippen molar-refractivity contribution in [3.05, 3.63) is 41.7 Å². The van der Waals surface area contributed by atoms with Crippen LogP contribution in [0.15, 0.2) is 35.5 Å². The van der Waals surface area contributed by atoms with Crippen LogP contribution in [0.5, 0.6) is 0 Å². The highest BCUT2D eigenvalue weighted by atomic mass is 32.2. The van der Waals surface area contributed by atoms with E-state index < -0.39 is 26.7 Å². The fourth-order valence-electron chi connectivity index (χ4n) is 1.59. The van der Waals surface area contributed by atoms with Gasteiger partial charge in [-0.05, 0) is 24.6 Å². The summed E-state index contributed by atoms with van der Waals surface area (Å²) in [5.74, 6) is 0. The third kappa shape index (κ3) is 2.93. The highest BCUT2D eigenvalue weighted by Crippen LogP contribution is 2.33. The normalized spacial score (nSPS) is 12.4. The number of nitrogens with zero attached hydrogens (tertiary/aromatic N) is 1. The first-order valence-electron chi connectivity index (χ1n) is 5.39. The highest BCUT2D eigenvalue weighted by molar-refractivity contribution is 7.92. The Kier molecular flexibility index (Phi) is 3.46. The molecule has 0 atom stereocenters. The summed E-state index contributed by atoms with van der Waals surface area (Å²) < 4.78 is 64.4. The smallest absolute Gasteiger partial charge is 0.284 e. The summed E-state index contributed by atoms with van der Waals surface area (Å²) in [4.78, 5) is -0.461. The second-order valence-electron chi connectivity index (χ2n) is 4.07. The molecule has 1 aromatic carbocycles. The number of H-pyrrole nitrogens is 1. The molecular formula is C11H10F3N3O2S. The van der Waals surface area contributed by atoms with Gasteiger partial charge in [0, 0.05) is 6.20 Å². The Labute approximate surface area is 112 Å². The Balaban J connectivity index is 2.43. The van der Waals surface area contributed by atoms with Gasteiger partial charge in [-0.1, -0.05) is 6.07 Å². The molecule has 2 N–H and O–H groups in total. The molecule has 0 aliphatic carbocycles. The highest BCUT2D eigenvalue weighted by Gasteiger charge is 2.33. The first-order chi connectivity index (χ1) is 9.20. The second kappa shape index (κ2) is 4.82. The minimum absolute atomic E-state index is 0.0419. The molecule has 2 rings (SSSR count). The van der Waals surface area contributed by atoms with Crippen LogP contribution in [0.1, 0.15) is 11.1 Å². The molecule has 0 fully saturated rings. The molecule has 20 heavy (non-hydrogen) atoms. The van der Waals surface area contributed by atoms with E-state index in [0.29, 0.717) is 6.07 Å². The van der Waals surface area contributed by atoms with Crippen LogP contribution in [0.3, 0.4) is 0 Å². The maximum absolute atomic E-state index is 12.8. The van der Waals surface area contributed by atoms with Gasteiger partial charge in [0.25, 0.3) is 10.0 Å². The third-order valence-corrected chi connectivity index (χ3v) is 3.95. The number of aromatic amines is 1. The maximum atomic E-state index is 12.8. The topological polar surface area (TPSA) is 74.8 Å². The van der Waals surface area contributed by atoms with E-state index in [1.807, 2.05) is 0 Å². The first-order valence-corrected chi connectivity index (χ1v) is 6.88. The number of aromatic nitrogens is 2. The number of halogens is 3. The zero-order chi connectivity index (χ0) is 15.0. The number of benzene rings is 1. The standard InChI is InChI=1S/C11H10F3N3O2S/c1-7-2-3-9(4-10(7)11(12,13)14)20(18,19)17-8-5-15-16-6-8/h2-6,17H,1H3,(H,15,16). The number of aryl methyl sites for hydroxylation is 1. The number of nitrogens with one attached hydrogen (secondary N) is 2. The molecule has 2 aromatic rings. The molecule has 108 valence electrons. The summed E-state index contributed by atoms with van der Waals surface area (Å²) in [7, 11) is -4.09. The van der Waals surface area contributed by atoms with E-state index in [0.717, 1.165) is 12.1 Å². The van der Waals surface area contributed by atoms with Gasteiger partial charge in [-0.3, -0.25) is 9.82 Å². The molecule has 5 nitrogen and oxygen atoms in total. The molecule has 0 unspecified atom stereocenters. The van der Waals surface area contributed by atoms with Gasteiger partial charge < -0.3 is 0 Å². The number of rotatable bonds is 3. The summed E-state index contributed by atoms with van der Waals surface area (Å²) in [6.45, 7) is 1.27. The van der Waals surface area contributed by atoms with Gasteiger partial charge in [0.05, 0.1) is 22.3 Å². The lowest BCUT2D eigenvalue weighted by atomic mass is 10.1. The van der Waals surface area contributed by atoms with Gasteiger partial charge in [-0.2, -0.15) is 18.3 Å².